The fourth-order valence-electron chi connectivity index (χ4n) is 2.62. The number of nitrogens with zero attached hydrogens (tertiary/aromatic N) is 3. The number of rotatable bonds is 2. The largest absolute Gasteiger partial charge is 0.373 e. The highest BCUT2D eigenvalue weighted by Gasteiger charge is 2.35. The molecule has 1 aliphatic rings. The van der Waals surface area contributed by atoms with Gasteiger partial charge in [-0.05, 0) is 26.0 Å². The summed E-state index contributed by atoms with van der Waals surface area (Å²) >= 11 is 6.08. The van der Waals surface area contributed by atoms with Gasteiger partial charge in [0.25, 0.3) is 10.0 Å². The van der Waals surface area contributed by atoms with Gasteiger partial charge < -0.3 is 4.74 Å². The van der Waals surface area contributed by atoms with E-state index in [0.717, 1.165) is 0 Å². The van der Waals surface area contributed by atoms with E-state index in [1.165, 1.54) is 8.71 Å². The molecule has 114 valence electrons. The third-order valence-electron chi connectivity index (χ3n) is 3.42. The van der Waals surface area contributed by atoms with Crippen LogP contribution < -0.4 is 0 Å². The van der Waals surface area contributed by atoms with Crippen molar-refractivity contribution < 1.29 is 13.2 Å². The SMILES string of the molecule is CC1CN(S(=O)(=O)c2c(Cl)nc3ccccn23)CC(C)O1. The first kappa shape index (κ1) is 14.8. The Morgan fingerprint density at radius 1 is 1.29 bits per heavy atom. The molecule has 6 nitrogen and oxygen atoms in total. The number of ether oxygens (including phenoxy) is 1. The highest BCUT2D eigenvalue weighted by Crippen LogP contribution is 2.27. The molecule has 2 atom stereocenters. The van der Waals surface area contributed by atoms with Crippen molar-refractivity contribution >= 4 is 27.3 Å². The molecule has 1 saturated heterocycles. The second-order valence-electron chi connectivity index (χ2n) is 5.22. The van der Waals surface area contributed by atoms with E-state index in [-0.39, 0.29) is 22.4 Å². The van der Waals surface area contributed by atoms with Crippen molar-refractivity contribution in [2.45, 2.75) is 31.1 Å². The van der Waals surface area contributed by atoms with E-state index in [1.807, 2.05) is 13.8 Å². The predicted molar refractivity (Wildman–Crippen MR) is 79.0 cm³/mol. The molecule has 0 bridgehead atoms. The van der Waals surface area contributed by atoms with E-state index in [2.05, 4.69) is 4.98 Å². The average Bonchev–Trinajstić information content (AvgIpc) is 2.73. The highest BCUT2D eigenvalue weighted by atomic mass is 35.5. The number of hydrogen-bond donors (Lipinski definition) is 0. The number of halogens is 1. The maximum atomic E-state index is 12.9. The summed E-state index contributed by atoms with van der Waals surface area (Å²) in [6.07, 6.45) is 1.34. The Morgan fingerprint density at radius 2 is 1.95 bits per heavy atom. The van der Waals surface area contributed by atoms with Gasteiger partial charge in [0.15, 0.2) is 10.2 Å². The minimum Gasteiger partial charge on any atom is -0.373 e. The molecule has 0 spiro atoms. The molecule has 0 N–H and O–H groups in total. The van der Waals surface area contributed by atoms with Crippen LogP contribution in [0.1, 0.15) is 13.8 Å². The second-order valence-corrected chi connectivity index (χ2v) is 7.43. The van der Waals surface area contributed by atoms with E-state index in [4.69, 9.17) is 16.3 Å². The quantitative estimate of drug-likeness (QED) is 0.842. The summed E-state index contributed by atoms with van der Waals surface area (Å²) in [5.41, 5.74) is 0.510. The van der Waals surface area contributed by atoms with Crippen LogP contribution in [0, 0.1) is 0 Å². The van der Waals surface area contributed by atoms with Crippen molar-refractivity contribution in [1.29, 1.82) is 0 Å². The van der Waals surface area contributed by atoms with Crippen molar-refractivity contribution in [2.75, 3.05) is 13.1 Å². The molecule has 1 aliphatic heterocycles. The molecular formula is C13H16ClN3O3S. The van der Waals surface area contributed by atoms with Crippen molar-refractivity contribution in [3.05, 3.63) is 29.5 Å². The standard InChI is InChI=1S/C13H16ClN3O3S/c1-9-7-16(8-10(2)20-9)21(18,19)13-12(14)15-11-5-3-4-6-17(11)13/h3-6,9-10H,7-8H2,1-2H3. The molecule has 2 aromatic rings. The van der Waals surface area contributed by atoms with Gasteiger partial charge in [0.2, 0.25) is 0 Å². The molecule has 0 aliphatic carbocycles. The van der Waals surface area contributed by atoms with Crippen LogP contribution in [0.4, 0.5) is 0 Å². The van der Waals surface area contributed by atoms with Crippen LogP contribution in [0.5, 0.6) is 0 Å². The molecule has 1 fully saturated rings. The van der Waals surface area contributed by atoms with Crippen LogP contribution in [0.25, 0.3) is 5.65 Å². The number of morpholine rings is 1. The lowest BCUT2D eigenvalue weighted by Crippen LogP contribution is -2.48. The van der Waals surface area contributed by atoms with Gasteiger partial charge in [-0.1, -0.05) is 17.7 Å². The summed E-state index contributed by atoms with van der Waals surface area (Å²) in [6.45, 7) is 4.33. The summed E-state index contributed by atoms with van der Waals surface area (Å²) in [6, 6.07) is 5.25. The lowest BCUT2D eigenvalue weighted by atomic mass is 10.3. The monoisotopic (exact) mass is 329 g/mol. The third kappa shape index (κ3) is 2.55. The van der Waals surface area contributed by atoms with Crippen LogP contribution in [0.2, 0.25) is 5.15 Å². The number of sulfonamides is 1. The van der Waals surface area contributed by atoms with Gasteiger partial charge in [0.05, 0.1) is 12.2 Å². The Hall–Kier alpha value is -1.15. The van der Waals surface area contributed by atoms with Crippen molar-refractivity contribution in [2.24, 2.45) is 0 Å². The zero-order valence-corrected chi connectivity index (χ0v) is 13.3. The Morgan fingerprint density at radius 3 is 2.62 bits per heavy atom. The van der Waals surface area contributed by atoms with Gasteiger partial charge in [0, 0.05) is 19.3 Å². The molecular weight excluding hydrogens is 314 g/mol. The highest BCUT2D eigenvalue weighted by molar-refractivity contribution is 7.89. The number of aromatic nitrogens is 2. The molecule has 0 radical (unpaired) electrons. The maximum absolute atomic E-state index is 12.9. The first-order valence-corrected chi connectivity index (χ1v) is 8.49. The fraction of sp³-hybridized carbons (Fsp3) is 0.462. The Kier molecular flexibility index (Phi) is 3.69. The second kappa shape index (κ2) is 5.24. The zero-order chi connectivity index (χ0) is 15.2. The Labute approximate surface area is 128 Å². The van der Waals surface area contributed by atoms with Crippen molar-refractivity contribution in [3.8, 4) is 0 Å². The Balaban J connectivity index is 2.10. The topological polar surface area (TPSA) is 63.9 Å². The first-order valence-electron chi connectivity index (χ1n) is 6.68. The van der Waals surface area contributed by atoms with Gasteiger partial charge in [-0.15, -0.1) is 0 Å². The molecule has 0 saturated carbocycles. The molecule has 3 heterocycles. The molecule has 2 aromatic heterocycles. The molecule has 0 amide bonds. The number of imidazole rings is 1. The summed E-state index contributed by atoms with van der Waals surface area (Å²) in [5, 5.41) is 0.00839. The zero-order valence-electron chi connectivity index (χ0n) is 11.7. The van der Waals surface area contributed by atoms with Crippen LogP contribution in [0.15, 0.2) is 29.4 Å². The minimum atomic E-state index is -3.72. The molecule has 8 heteroatoms. The summed E-state index contributed by atoms with van der Waals surface area (Å²) < 4.78 is 34.3. The van der Waals surface area contributed by atoms with E-state index in [1.54, 1.807) is 24.4 Å². The number of pyridine rings is 1. The van der Waals surface area contributed by atoms with E-state index >= 15 is 0 Å². The smallest absolute Gasteiger partial charge is 0.262 e. The van der Waals surface area contributed by atoms with Crippen molar-refractivity contribution in [3.63, 3.8) is 0 Å². The lowest BCUT2D eigenvalue weighted by Gasteiger charge is -2.34. The predicted octanol–water partition coefficient (Wildman–Crippen LogP) is 1.79. The summed E-state index contributed by atoms with van der Waals surface area (Å²) in [5.74, 6) is 0. The first-order chi connectivity index (χ1) is 9.89. The molecule has 3 rings (SSSR count). The van der Waals surface area contributed by atoms with Gasteiger partial charge in [0.1, 0.15) is 5.65 Å². The summed E-state index contributed by atoms with van der Waals surface area (Å²) in [7, 11) is -3.72. The van der Waals surface area contributed by atoms with E-state index < -0.39 is 10.0 Å². The molecule has 2 unspecified atom stereocenters. The van der Waals surface area contributed by atoms with E-state index in [9.17, 15) is 8.42 Å². The van der Waals surface area contributed by atoms with Crippen LogP contribution in [0.3, 0.4) is 0 Å². The number of fused-ring (bicyclic) bond motifs is 1. The minimum absolute atomic E-state index is 0.00648. The van der Waals surface area contributed by atoms with Crippen LogP contribution >= 0.6 is 11.6 Å². The third-order valence-corrected chi connectivity index (χ3v) is 5.65. The summed E-state index contributed by atoms with van der Waals surface area (Å²) in [4.78, 5) is 4.10. The van der Waals surface area contributed by atoms with Gasteiger partial charge >= 0.3 is 0 Å². The normalized spacial score (nSPS) is 24.5. The van der Waals surface area contributed by atoms with Crippen LogP contribution in [-0.4, -0.2) is 47.4 Å². The van der Waals surface area contributed by atoms with Crippen LogP contribution in [-0.2, 0) is 14.8 Å². The lowest BCUT2D eigenvalue weighted by molar-refractivity contribution is -0.0441. The van der Waals surface area contributed by atoms with Gasteiger partial charge in [-0.2, -0.15) is 4.31 Å². The fourth-order valence-corrected chi connectivity index (χ4v) is 4.81. The molecule has 0 aromatic carbocycles. The Bertz CT molecular complexity index is 764. The average molecular weight is 330 g/mol. The van der Waals surface area contributed by atoms with Crippen molar-refractivity contribution in [1.82, 2.24) is 13.7 Å². The number of hydrogen-bond acceptors (Lipinski definition) is 4. The molecule has 21 heavy (non-hydrogen) atoms. The van der Waals surface area contributed by atoms with Gasteiger partial charge in [-0.3, -0.25) is 4.40 Å². The van der Waals surface area contributed by atoms with E-state index in [0.29, 0.717) is 18.7 Å². The maximum Gasteiger partial charge on any atom is 0.262 e. The van der Waals surface area contributed by atoms with Gasteiger partial charge in [-0.25, -0.2) is 13.4 Å².